The van der Waals surface area contributed by atoms with Gasteiger partial charge in [-0.3, -0.25) is 9.78 Å². The highest BCUT2D eigenvalue weighted by Crippen LogP contribution is 2.33. The van der Waals surface area contributed by atoms with Crippen LogP contribution in [0.4, 0.5) is 5.69 Å². The summed E-state index contributed by atoms with van der Waals surface area (Å²) in [5.74, 6) is 0.651. The molecule has 0 radical (unpaired) electrons. The van der Waals surface area contributed by atoms with Gasteiger partial charge in [-0.05, 0) is 31.7 Å². The maximum absolute atomic E-state index is 12.1. The zero-order valence-corrected chi connectivity index (χ0v) is 12.5. The van der Waals surface area contributed by atoms with Crippen LogP contribution < -0.4 is 4.90 Å². The van der Waals surface area contributed by atoms with Gasteiger partial charge in [-0.15, -0.1) is 0 Å². The molecule has 2 aliphatic rings. The van der Waals surface area contributed by atoms with Crippen LogP contribution in [0.15, 0.2) is 18.5 Å². The van der Waals surface area contributed by atoms with E-state index in [2.05, 4.69) is 9.88 Å². The van der Waals surface area contributed by atoms with Crippen LogP contribution >= 0.6 is 11.6 Å². The van der Waals surface area contributed by atoms with Gasteiger partial charge >= 0.3 is 0 Å². The van der Waals surface area contributed by atoms with Gasteiger partial charge in [0.1, 0.15) is 0 Å². The fourth-order valence-corrected chi connectivity index (χ4v) is 3.16. The van der Waals surface area contributed by atoms with Gasteiger partial charge in [-0.2, -0.15) is 0 Å². The van der Waals surface area contributed by atoms with Crippen molar-refractivity contribution in [2.75, 3.05) is 25.0 Å². The number of pyridine rings is 1. The molecule has 1 aromatic rings. The monoisotopic (exact) mass is 293 g/mol. The number of anilines is 1. The first-order valence-corrected chi connectivity index (χ1v) is 7.65. The van der Waals surface area contributed by atoms with E-state index < -0.39 is 0 Å². The summed E-state index contributed by atoms with van der Waals surface area (Å²) in [5, 5.41) is 0.702. The highest BCUT2D eigenvalue weighted by molar-refractivity contribution is 6.33. The van der Waals surface area contributed by atoms with Crippen molar-refractivity contribution >= 4 is 23.2 Å². The zero-order chi connectivity index (χ0) is 14.1. The van der Waals surface area contributed by atoms with E-state index in [9.17, 15) is 4.79 Å². The Balaban J connectivity index is 1.59. The zero-order valence-electron chi connectivity index (χ0n) is 11.8. The summed E-state index contributed by atoms with van der Waals surface area (Å²) in [5.41, 5.74) is 1.05. The number of piperidine rings is 1. The second kappa shape index (κ2) is 5.60. The second-order valence-corrected chi connectivity index (χ2v) is 6.18. The van der Waals surface area contributed by atoms with E-state index in [-0.39, 0.29) is 0 Å². The predicted molar refractivity (Wildman–Crippen MR) is 80.0 cm³/mol. The Labute approximate surface area is 124 Å². The number of halogens is 1. The Bertz CT molecular complexity index is 496. The Morgan fingerprint density at radius 1 is 1.35 bits per heavy atom. The van der Waals surface area contributed by atoms with Crippen LogP contribution in [-0.2, 0) is 4.79 Å². The van der Waals surface area contributed by atoms with Crippen molar-refractivity contribution in [3.05, 3.63) is 23.5 Å². The number of amides is 1. The molecule has 1 saturated heterocycles. The number of hydrogen-bond acceptors (Lipinski definition) is 3. The predicted octanol–water partition coefficient (Wildman–Crippen LogP) is 2.57. The van der Waals surface area contributed by atoms with Crippen molar-refractivity contribution in [3.8, 4) is 0 Å². The molecule has 2 heterocycles. The van der Waals surface area contributed by atoms with Crippen LogP contribution in [0.2, 0.25) is 5.02 Å². The Morgan fingerprint density at radius 2 is 2.05 bits per heavy atom. The van der Waals surface area contributed by atoms with Gasteiger partial charge in [0.15, 0.2) is 0 Å². The fourth-order valence-electron chi connectivity index (χ4n) is 2.92. The van der Waals surface area contributed by atoms with Crippen LogP contribution in [0.1, 0.15) is 25.7 Å². The Hall–Kier alpha value is -1.29. The quantitative estimate of drug-likeness (QED) is 0.859. The molecule has 20 heavy (non-hydrogen) atoms. The second-order valence-electron chi connectivity index (χ2n) is 5.77. The molecule has 0 bridgehead atoms. The average Bonchev–Trinajstić information content (AvgIpc) is 3.31. The van der Waals surface area contributed by atoms with E-state index in [0.29, 0.717) is 22.9 Å². The van der Waals surface area contributed by atoms with E-state index in [1.807, 2.05) is 18.0 Å². The Morgan fingerprint density at radius 3 is 2.65 bits per heavy atom. The molecule has 0 N–H and O–H groups in total. The SMILES string of the molecule is CN(C(=O)C1CC1)C1CCN(c2ccncc2Cl)CC1. The van der Waals surface area contributed by atoms with Gasteiger partial charge in [0, 0.05) is 44.5 Å². The van der Waals surface area contributed by atoms with Gasteiger partial charge < -0.3 is 9.80 Å². The van der Waals surface area contributed by atoms with Gasteiger partial charge in [0.05, 0.1) is 10.7 Å². The van der Waals surface area contributed by atoms with Crippen molar-refractivity contribution in [3.63, 3.8) is 0 Å². The van der Waals surface area contributed by atoms with Crippen molar-refractivity contribution in [2.45, 2.75) is 31.7 Å². The summed E-state index contributed by atoms with van der Waals surface area (Å²) in [6.45, 7) is 1.88. The first-order chi connectivity index (χ1) is 9.66. The lowest BCUT2D eigenvalue weighted by Gasteiger charge is -2.38. The number of aromatic nitrogens is 1. The lowest BCUT2D eigenvalue weighted by Crippen LogP contribution is -2.46. The third kappa shape index (κ3) is 2.75. The molecule has 0 spiro atoms. The van der Waals surface area contributed by atoms with Gasteiger partial charge in [0.25, 0.3) is 0 Å². The third-order valence-electron chi connectivity index (χ3n) is 4.38. The molecule has 5 heteroatoms. The molecule has 4 nitrogen and oxygen atoms in total. The number of nitrogens with zero attached hydrogens (tertiary/aromatic N) is 3. The molecule has 1 aromatic heterocycles. The van der Waals surface area contributed by atoms with Gasteiger partial charge in [-0.1, -0.05) is 11.6 Å². The maximum Gasteiger partial charge on any atom is 0.225 e. The van der Waals surface area contributed by atoms with Crippen LogP contribution in [0, 0.1) is 5.92 Å². The molecule has 0 aromatic carbocycles. The summed E-state index contributed by atoms with van der Waals surface area (Å²) < 4.78 is 0. The number of rotatable bonds is 3. The van der Waals surface area contributed by atoms with Gasteiger partial charge in [0.2, 0.25) is 5.91 Å². The molecule has 108 valence electrons. The molecule has 1 amide bonds. The highest BCUT2D eigenvalue weighted by atomic mass is 35.5. The van der Waals surface area contributed by atoms with Crippen LogP contribution in [0.3, 0.4) is 0 Å². The number of carbonyl (C=O) groups excluding carboxylic acids is 1. The Kier molecular flexibility index (Phi) is 3.83. The van der Waals surface area contributed by atoms with E-state index in [1.54, 1.807) is 12.4 Å². The molecule has 0 atom stereocenters. The average molecular weight is 294 g/mol. The molecule has 0 unspecified atom stereocenters. The molecule has 2 fully saturated rings. The topological polar surface area (TPSA) is 36.4 Å². The fraction of sp³-hybridized carbons (Fsp3) is 0.600. The minimum atomic E-state index is 0.313. The van der Waals surface area contributed by atoms with E-state index >= 15 is 0 Å². The van der Waals surface area contributed by atoms with Crippen molar-refractivity contribution in [1.82, 2.24) is 9.88 Å². The molecule has 1 aliphatic carbocycles. The first kappa shape index (κ1) is 13.7. The van der Waals surface area contributed by atoms with E-state index in [4.69, 9.17) is 11.6 Å². The van der Waals surface area contributed by atoms with Crippen molar-refractivity contribution in [1.29, 1.82) is 0 Å². The standard InChI is InChI=1S/C15H20ClN3O/c1-18(15(20)11-2-3-11)12-5-8-19(9-6-12)14-4-7-17-10-13(14)16/h4,7,10-12H,2-3,5-6,8-9H2,1H3. The normalized spacial score (nSPS) is 20.0. The van der Waals surface area contributed by atoms with Gasteiger partial charge in [-0.25, -0.2) is 0 Å². The minimum absolute atomic E-state index is 0.313. The minimum Gasteiger partial charge on any atom is -0.370 e. The number of carbonyl (C=O) groups is 1. The van der Waals surface area contributed by atoms with Crippen LogP contribution in [-0.4, -0.2) is 42.0 Å². The molecule has 3 rings (SSSR count). The largest absolute Gasteiger partial charge is 0.370 e. The smallest absolute Gasteiger partial charge is 0.225 e. The third-order valence-corrected chi connectivity index (χ3v) is 4.67. The summed E-state index contributed by atoms with van der Waals surface area (Å²) in [4.78, 5) is 20.4. The summed E-state index contributed by atoms with van der Waals surface area (Å²) in [6.07, 6.45) is 7.63. The van der Waals surface area contributed by atoms with Crippen molar-refractivity contribution in [2.24, 2.45) is 5.92 Å². The summed E-state index contributed by atoms with van der Waals surface area (Å²) >= 11 is 6.19. The molecular formula is C15H20ClN3O. The molecular weight excluding hydrogens is 274 g/mol. The lowest BCUT2D eigenvalue weighted by atomic mass is 10.0. The van der Waals surface area contributed by atoms with E-state index in [1.165, 1.54) is 0 Å². The highest BCUT2D eigenvalue weighted by Gasteiger charge is 2.35. The van der Waals surface area contributed by atoms with Crippen molar-refractivity contribution < 1.29 is 4.79 Å². The van der Waals surface area contributed by atoms with Crippen LogP contribution in [0.5, 0.6) is 0 Å². The van der Waals surface area contributed by atoms with Crippen LogP contribution in [0.25, 0.3) is 0 Å². The molecule has 1 aliphatic heterocycles. The lowest BCUT2D eigenvalue weighted by molar-refractivity contribution is -0.133. The molecule has 1 saturated carbocycles. The summed E-state index contributed by atoms with van der Waals surface area (Å²) in [7, 11) is 1.96. The number of hydrogen-bond donors (Lipinski definition) is 0. The first-order valence-electron chi connectivity index (χ1n) is 7.28. The van der Waals surface area contributed by atoms with E-state index in [0.717, 1.165) is 44.5 Å². The summed E-state index contributed by atoms with van der Waals surface area (Å²) in [6, 6.07) is 2.34. The maximum atomic E-state index is 12.1.